The van der Waals surface area contributed by atoms with Crippen LogP contribution in [0, 0.1) is 0 Å². The molecule has 2 aromatic carbocycles. The molecule has 0 fully saturated rings. The maximum Gasteiger partial charge on any atom is 0.221 e. The number of hydrogen-bond acceptors (Lipinski definition) is 6. The summed E-state index contributed by atoms with van der Waals surface area (Å²) in [5.74, 6) is 1.80. The Kier molecular flexibility index (Phi) is 8.60. The van der Waals surface area contributed by atoms with E-state index in [2.05, 4.69) is 22.5 Å². The fourth-order valence-electron chi connectivity index (χ4n) is 2.89. The quantitative estimate of drug-likeness (QED) is 0.238. The lowest BCUT2D eigenvalue weighted by molar-refractivity contribution is -0.114. The van der Waals surface area contributed by atoms with Crippen LogP contribution in [0.3, 0.4) is 0 Å². The van der Waals surface area contributed by atoms with Crippen molar-refractivity contribution in [2.45, 2.75) is 37.1 Å². The van der Waals surface area contributed by atoms with Crippen molar-refractivity contribution in [3.8, 4) is 11.4 Å². The van der Waals surface area contributed by atoms with Crippen molar-refractivity contribution < 1.29 is 4.79 Å². The van der Waals surface area contributed by atoms with Crippen LogP contribution in [0.5, 0.6) is 0 Å². The van der Waals surface area contributed by atoms with Crippen LogP contribution >= 0.6 is 11.8 Å². The summed E-state index contributed by atoms with van der Waals surface area (Å²) in [4.78, 5) is 26.3. The summed E-state index contributed by atoms with van der Waals surface area (Å²) in [5, 5.41) is 6.85. The Balaban J connectivity index is 1.94. The second kappa shape index (κ2) is 11.8. The van der Waals surface area contributed by atoms with Crippen LogP contribution in [0.1, 0.15) is 27.2 Å². The lowest BCUT2D eigenvalue weighted by atomic mass is 10.2. The summed E-state index contributed by atoms with van der Waals surface area (Å²) >= 11 is 1.51. The molecule has 0 aliphatic carbocycles. The van der Waals surface area contributed by atoms with Crippen molar-refractivity contribution in [1.29, 1.82) is 0 Å². The number of nitrogens with zero attached hydrogens (tertiary/aromatic N) is 3. The summed E-state index contributed by atoms with van der Waals surface area (Å²) in [6.45, 7) is 6.07. The lowest BCUT2D eigenvalue weighted by Crippen LogP contribution is -2.14. The van der Waals surface area contributed by atoms with Crippen LogP contribution in [0.4, 0.5) is 11.5 Å². The van der Waals surface area contributed by atoms with E-state index in [1.165, 1.54) is 18.7 Å². The molecule has 4 N–H and O–H groups in total. The second-order valence-corrected chi connectivity index (χ2v) is 8.46. The van der Waals surface area contributed by atoms with Crippen LogP contribution < -0.4 is 16.4 Å². The molecule has 0 radical (unpaired) electrons. The van der Waals surface area contributed by atoms with Crippen LogP contribution in [-0.4, -0.2) is 28.3 Å². The van der Waals surface area contributed by atoms with E-state index in [0.29, 0.717) is 29.7 Å². The van der Waals surface area contributed by atoms with Crippen LogP contribution in [-0.2, 0) is 4.79 Å². The molecule has 1 amide bonds. The molecule has 3 aromatic rings. The summed E-state index contributed by atoms with van der Waals surface area (Å²) in [5.41, 5.74) is 8.22. The molecule has 0 atom stereocenters. The average Bonchev–Trinajstić information content (AvgIpc) is 2.78. The zero-order valence-corrected chi connectivity index (χ0v) is 19.8. The van der Waals surface area contributed by atoms with Crippen molar-refractivity contribution in [1.82, 2.24) is 9.97 Å². The molecule has 0 bridgehead atoms. The van der Waals surface area contributed by atoms with Crippen molar-refractivity contribution in [2.24, 2.45) is 10.7 Å². The number of allylic oxidation sites excluding steroid dienone is 1. The predicted molar refractivity (Wildman–Crippen MR) is 136 cm³/mol. The average molecular weight is 461 g/mol. The van der Waals surface area contributed by atoms with Gasteiger partial charge in [-0.1, -0.05) is 49.0 Å². The molecule has 170 valence electrons. The van der Waals surface area contributed by atoms with Crippen LogP contribution in [0.25, 0.3) is 11.4 Å². The Morgan fingerprint density at radius 2 is 1.79 bits per heavy atom. The first kappa shape index (κ1) is 24.0. The molecule has 0 saturated heterocycles. The highest BCUT2D eigenvalue weighted by Gasteiger charge is 2.10. The van der Waals surface area contributed by atoms with Gasteiger partial charge in [0, 0.05) is 41.4 Å². The highest BCUT2D eigenvalue weighted by Crippen LogP contribution is 2.30. The first-order valence-corrected chi connectivity index (χ1v) is 11.5. The number of anilines is 2. The summed E-state index contributed by atoms with van der Waals surface area (Å²) in [6.07, 6.45) is 2.73. The van der Waals surface area contributed by atoms with Gasteiger partial charge >= 0.3 is 0 Å². The Morgan fingerprint density at radius 3 is 2.42 bits per heavy atom. The summed E-state index contributed by atoms with van der Waals surface area (Å²) in [6, 6.07) is 19.4. The van der Waals surface area contributed by atoms with E-state index < -0.39 is 0 Å². The van der Waals surface area contributed by atoms with Gasteiger partial charge in [0.05, 0.1) is 0 Å². The molecule has 0 unspecified atom stereocenters. The number of carbonyl (C=O) groups is 1. The van der Waals surface area contributed by atoms with Gasteiger partial charge in [0.1, 0.15) is 16.7 Å². The van der Waals surface area contributed by atoms with Gasteiger partial charge in [-0.2, -0.15) is 0 Å². The lowest BCUT2D eigenvalue weighted by Gasteiger charge is -2.11. The number of rotatable bonds is 8. The third kappa shape index (κ3) is 7.76. The second-order valence-electron chi connectivity index (χ2n) is 7.37. The van der Waals surface area contributed by atoms with E-state index in [-0.39, 0.29) is 5.91 Å². The third-order valence-electron chi connectivity index (χ3n) is 4.26. The maximum absolute atomic E-state index is 11.3. The van der Waals surface area contributed by atoms with Gasteiger partial charge in [-0.15, -0.1) is 0 Å². The largest absolute Gasteiger partial charge is 0.402 e. The summed E-state index contributed by atoms with van der Waals surface area (Å²) in [7, 11) is 0. The number of amidine groups is 1. The molecular weight excluding hydrogens is 432 g/mol. The Labute approximate surface area is 198 Å². The fourth-order valence-corrected chi connectivity index (χ4v) is 3.70. The number of aliphatic imine (C=N–C) groups is 1. The minimum atomic E-state index is -0.100. The summed E-state index contributed by atoms with van der Waals surface area (Å²) < 4.78 is 0. The zero-order valence-electron chi connectivity index (χ0n) is 19.0. The third-order valence-corrected chi connectivity index (χ3v) is 5.18. The van der Waals surface area contributed by atoms with Gasteiger partial charge in [-0.3, -0.25) is 9.79 Å². The highest BCUT2D eigenvalue weighted by atomic mass is 32.2. The van der Waals surface area contributed by atoms with Gasteiger partial charge in [0.2, 0.25) is 5.91 Å². The van der Waals surface area contributed by atoms with E-state index in [0.717, 1.165) is 27.6 Å². The van der Waals surface area contributed by atoms with E-state index in [1.807, 2.05) is 67.6 Å². The fraction of sp³-hybridized carbons (Fsp3) is 0.200. The normalized spacial score (nSPS) is 11.8. The number of nitrogens with one attached hydrogen (secondary N) is 2. The molecule has 33 heavy (non-hydrogen) atoms. The van der Waals surface area contributed by atoms with Gasteiger partial charge in [0.15, 0.2) is 5.82 Å². The number of benzene rings is 2. The maximum atomic E-state index is 11.3. The first-order chi connectivity index (χ1) is 15.9. The smallest absolute Gasteiger partial charge is 0.221 e. The molecule has 0 aliphatic rings. The molecule has 0 aliphatic heterocycles. The Hall–Kier alpha value is -3.65. The van der Waals surface area contributed by atoms with Gasteiger partial charge in [-0.25, -0.2) is 9.97 Å². The van der Waals surface area contributed by atoms with Crippen molar-refractivity contribution >= 4 is 35.0 Å². The van der Waals surface area contributed by atoms with Crippen LogP contribution in [0.2, 0.25) is 0 Å². The Bertz CT molecular complexity index is 1140. The molecule has 1 aromatic heterocycles. The molecule has 8 heteroatoms. The molecular formula is C25H28N6OS. The standard InChI is InChI=1S/C25H28N6OS/c1-4-14-27-22(15-17(2)26)29-23-16-24(31-25(30-23)19-8-6-5-7-9-19)33-21-12-10-20(11-13-21)28-18(3)32/h5-13,15-16H,4,14,26H2,1-3H3,(H,28,32)(H,27,29,30,31)/b17-15-. The van der Waals surface area contributed by atoms with E-state index in [9.17, 15) is 4.79 Å². The molecule has 1 heterocycles. The predicted octanol–water partition coefficient (Wildman–Crippen LogP) is 5.34. The zero-order chi connectivity index (χ0) is 23.6. The van der Waals surface area contributed by atoms with Gasteiger partial charge in [-0.05, 0) is 43.7 Å². The topological polar surface area (TPSA) is 105 Å². The van der Waals surface area contributed by atoms with E-state index in [4.69, 9.17) is 15.7 Å². The minimum Gasteiger partial charge on any atom is -0.402 e. The first-order valence-electron chi connectivity index (χ1n) is 10.7. The van der Waals surface area contributed by atoms with Crippen molar-refractivity contribution in [3.05, 3.63) is 72.4 Å². The number of amides is 1. The molecule has 0 spiro atoms. The van der Waals surface area contributed by atoms with Gasteiger partial charge in [0.25, 0.3) is 0 Å². The van der Waals surface area contributed by atoms with Crippen molar-refractivity contribution in [2.75, 3.05) is 17.2 Å². The van der Waals surface area contributed by atoms with Crippen molar-refractivity contribution in [3.63, 3.8) is 0 Å². The van der Waals surface area contributed by atoms with Gasteiger partial charge < -0.3 is 16.4 Å². The van der Waals surface area contributed by atoms with E-state index >= 15 is 0 Å². The molecule has 3 rings (SSSR count). The molecule has 0 saturated carbocycles. The SMILES string of the molecule is CCCN=C(/C=C(/C)N)Nc1cc(Sc2ccc(NC(C)=O)cc2)nc(-c2ccccc2)n1. The van der Waals surface area contributed by atoms with E-state index in [1.54, 1.807) is 6.08 Å². The number of aromatic nitrogens is 2. The molecule has 7 nitrogen and oxygen atoms in total. The number of carbonyl (C=O) groups excluding carboxylic acids is 1. The number of nitrogens with two attached hydrogens (primary N) is 1. The van der Waals surface area contributed by atoms with Crippen LogP contribution in [0.15, 0.2) is 87.4 Å². The minimum absolute atomic E-state index is 0.100. The Morgan fingerprint density at radius 1 is 1.06 bits per heavy atom. The monoisotopic (exact) mass is 460 g/mol. The highest BCUT2D eigenvalue weighted by molar-refractivity contribution is 7.99. The number of hydrogen-bond donors (Lipinski definition) is 3.